The molecule has 0 aliphatic heterocycles. The number of carbonyl (C=O) groups is 2. The van der Waals surface area contributed by atoms with E-state index in [-0.39, 0.29) is 12.3 Å². The van der Waals surface area contributed by atoms with Crippen LogP contribution >= 0.6 is 0 Å². The molecule has 0 bridgehead atoms. The van der Waals surface area contributed by atoms with E-state index >= 15 is 0 Å². The van der Waals surface area contributed by atoms with Crippen LogP contribution in [0.3, 0.4) is 0 Å². The normalized spacial score (nSPS) is 10.8. The Labute approximate surface area is 214 Å². The molecule has 2 aromatic heterocycles. The molecular weight excluding hydrogens is 472 g/mol. The molecule has 4 N–H and O–H groups in total. The molecule has 0 atom stereocenters. The molecule has 2 aromatic carbocycles. The summed E-state index contributed by atoms with van der Waals surface area (Å²) in [6.07, 6.45) is 6.30. The third kappa shape index (κ3) is 6.42. The van der Waals surface area contributed by atoms with Crippen LogP contribution in [0.25, 0.3) is 22.2 Å². The first kappa shape index (κ1) is 25.6. The lowest BCUT2D eigenvalue weighted by atomic mass is 10.1. The van der Waals surface area contributed by atoms with Crippen molar-refractivity contribution in [2.75, 3.05) is 17.7 Å². The maximum Gasteiger partial charge on any atom is 0.243 e. The van der Waals surface area contributed by atoms with Crippen molar-refractivity contribution in [1.82, 2.24) is 20.0 Å². The molecular formula is C27H30N6O4. The molecule has 10 nitrogen and oxygen atoms in total. The second-order valence-electron chi connectivity index (χ2n) is 8.62. The Kier molecular flexibility index (Phi) is 8.32. The van der Waals surface area contributed by atoms with Gasteiger partial charge in [0.2, 0.25) is 17.8 Å². The number of amides is 2. The van der Waals surface area contributed by atoms with Gasteiger partial charge >= 0.3 is 0 Å². The number of aromatic nitrogens is 3. The van der Waals surface area contributed by atoms with E-state index in [4.69, 9.17) is 14.9 Å². The highest BCUT2D eigenvalue weighted by atomic mass is 16.5. The second kappa shape index (κ2) is 12.0. The summed E-state index contributed by atoms with van der Waals surface area (Å²) in [5.74, 6) is 0.416. The number of carbonyl (C=O) groups excluding carboxylic acids is 2. The average Bonchev–Trinajstić information content (AvgIpc) is 3.26. The minimum absolute atomic E-state index is 0.125. The largest absolute Gasteiger partial charge is 0.494 e. The van der Waals surface area contributed by atoms with E-state index in [0.717, 1.165) is 22.2 Å². The summed E-state index contributed by atoms with van der Waals surface area (Å²) in [5.41, 5.74) is 5.82. The van der Waals surface area contributed by atoms with Crippen LogP contribution in [-0.2, 0) is 16.6 Å². The molecule has 4 aromatic rings. The summed E-state index contributed by atoms with van der Waals surface area (Å²) < 4.78 is 7.61. The Morgan fingerprint density at radius 3 is 2.59 bits per heavy atom. The van der Waals surface area contributed by atoms with Gasteiger partial charge in [0.25, 0.3) is 0 Å². The van der Waals surface area contributed by atoms with E-state index in [1.165, 1.54) is 0 Å². The van der Waals surface area contributed by atoms with Crippen LogP contribution in [-0.4, -0.2) is 38.7 Å². The molecule has 2 amide bonds. The van der Waals surface area contributed by atoms with Gasteiger partial charge in [-0.25, -0.2) is 15.4 Å². The van der Waals surface area contributed by atoms with Gasteiger partial charge in [0.15, 0.2) is 0 Å². The third-order valence-corrected chi connectivity index (χ3v) is 5.99. The number of rotatable bonds is 11. The minimum atomic E-state index is -0.420. The van der Waals surface area contributed by atoms with Gasteiger partial charge in [-0.15, -0.1) is 0 Å². The highest BCUT2D eigenvalue weighted by molar-refractivity contribution is 5.95. The predicted octanol–water partition coefficient (Wildman–Crippen LogP) is 4.78. The molecule has 0 radical (unpaired) electrons. The van der Waals surface area contributed by atoms with Crippen LogP contribution < -0.4 is 20.9 Å². The Morgan fingerprint density at radius 2 is 1.81 bits per heavy atom. The minimum Gasteiger partial charge on any atom is -0.494 e. The molecule has 0 saturated heterocycles. The number of para-hydroxylation sites is 1. The number of ether oxygens (including phenoxy) is 1. The van der Waals surface area contributed by atoms with Gasteiger partial charge in [-0.1, -0.05) is 24.6 Å². The van der Waals surface area contributed by atoms with Gasteiger partial charge in [-0.3, -0.25) is 14.8 Å². The summed E-state index contributed by atoms with van der Waals surface area (Å²) >= 11 is 0. The first-order valence-corrected chi connectivity index (χ1v) is 12.0. The molecule has 0 aliphatic carbocycles. The van der Waals surface area contributed by atoms with Crippen molar-refractivity contribution in [2.24, 2.45) is 7.05 Å². The van der Waals surface area contributed by atoms with Crippen molar-refractivity contribution in [3.8, 4) is 17.0 Å². The van der Waals surface area contributed by atoms with Crippen molar-refractivity contribution in [3.05, 3.63) is 60.9 Å². The van der Waals surface area contributed by atoms with E-state index in [0.29, 0.717) is 48.8 Å². The van der Waals surface area contributed by atoms with Crippen molar-refractivity contribution in [2.45, 2.75) is 32.1 Å². The molecule has 192 valence electrons. The molecule has 0 fully saturated rings. The zero-order valence-corrected chi connectivity index (χ0v) is 20.8. The maximum absolute atomic E-state index is 12.3. The number of nitrogens with one attached hydrogen (secondary N) is 3. The Bertz CT molecular complexity index is 1400. The van der Waals surface area contributed by atoms with E-state index in [1.54, 1.807) is 37.0 Å². The lowest BCUT2D eigenvalue weighted by molar-refractivity contribution is -0.129. The van der Waals surface area contributed by atoms with Crippen molar-refractivity contribution in [3.63, 3.8) is 0 Å². The Balaban J connectivity index is 1.40. The molecule has 0 unspecified atom stereocenters. The second-order valence-corrected chi connectivity index (χ2v) is 8.62. The summed E-state index contributed by atoms with van der Waals surface area (Å²) in [4.78, 5) is 32.4. The van der Waals surface area contributed by atoms with Crippen LogP contribution in [0.4, 0.5) is 17.3 Å². The number of hydrogen-bond acceptors (Lipinski definition) is 7. The van der Waals surface area contributed by atoms with Crippen LogP contribution in [0.2, 0.25) is 0 Å². The van der Waals surface area contributed by atoms with E-state index in [1.807, 2.05) is 25.2 Å². The van der Waals surface area contributed by atoms with Crippen molar-refractivity contribution >= 4 is 40.0 Å². The van der Waals surface area contributed by atoms with Crippen LogP contribution in [0.5, 0.6) is 5.75 Å². The smallest absolute Gasteiger partial charge is 0.243 e. The summed E-state index contributed by atoms with van der Waals surface area (Å²) in [6.45, 7) is 0. The highest BCUT2D eigenvalue weighted by Crippen LogP contribution is 2.32. The Hall–Kier alpha value is -4.44. The van der Waals surface area contributed by atoms with Crippen molar-refractivity contribution < 1.29 is 19.5 Å². The fraction of sp³-hybridized carbons (Fsp3) is 0.259. The molecule has 0 saturated carbocycles. The monoisotopic (exact) mass is 502 g/mol. The van der Waals surface area contributed by atoms with E-state index < -0.39 is 5.91 Å². The zero-order chi connectivity index (χ0) is 26.2. The number of anilines is 3. The average molecular weight is 503 g/mol. The van der Waals surface area contributed by atoms with E-state index in [2.05, 4.69) is 38.5 Å². The summed E-state index contributed by atoms with van der Waals surface area (Å²) in [5, 5.41) is 15.7. The third-order valence-electron chi connectivity index (χ3n) is 5.99. The lowest BCUT2D eigenvalue weighted by Gasteiger charge is -2.13. The molecule has 10 heteroatoms. The number of hydrogen-bond donors (Lipinski definition) is 4. The van der Waals surface area contributed by atoms with Gasteiger partial charge in [0, 0.05) is 60.5 Å². The molecule has 0 spiro atoms. The number of benzene rings is 2. The maximum atomic E-state index is 12.3. The molecule has 2 heterocycles. The Morgan fingerprint density at radius 1 is 1.03 bits per heavy atom. The quantitative estimate of drug-likeness (QED) is 0.132. The van der Waals surface area contributed by atoms with Gasteiger partial charge in [-0.05, 0) is 37.1 Å². The first-order chi connectivity index (χ1) is 18.0. The molecule has 4 rings (SSSR count). The highest BCUT2D eigenvalue weighted by Gasteiger charge is 2.12. The van der Waals surface area contributed by atoms with Crippen LogP contribution in [0.1, 0.15) is 32.1 Å². The van der Waals surface area contributed by atoms with Crippen LogP contribution in [0, 0.1) is 0 Å². The summed E-state index contributed by atoms with van der Waals surface area (Å²) in [6, 6.07) is 15.4. The number of hydroxylamine groups is 1. The van der Waals surface area contributed by atoms with Gasteiger partial charge < -0.3 is 19.9 Å². The number of nitrogens with zero attached hydrogens (tertiary/aromatic N) is 3. The fourth-order valence-electron chi connectivity index (χ4n) is 4.13. The zero-order valence-electron chi connectivity index (χ0n) is 20.8. The van der Waals surface area contributed by atoms with Crippen molar-refractivity contribution in [1.29, 1.82) is 0 Å². The van der Waals surface area contributed by atoms with Gasteiger partial charge in [0.1, 0.15) is 5.75 Å². The fourth-order valence-corrected chi connectivity index (χ4v) is 4.13. The topological polar surface area (TPSA) is 130 Å². The van der Waals surface area contributed by atoms with Gasteiger partial charge in [0.05, 0.1) is 18.5 Å². The predicted molar refractivity (Wildman–Crippen MR) is 142 cm³/mol. The number of fused-ring (bicyclic) bond motifs is 1. The standard InChI is InChI=1S/C27H30N6O4/c1-33-17-20(19-8-6-7-9-23(19)33)21-14-15-28-27(30-21)31-22-13-12-18(16-24(22)37-2)29-25(34)10-4-3-5-11-26(35)32-36/h6-9,12-17,36H,3-5,10-11H2,1-2H3,(H,29,34)(H,32,35)(H,28,30,31). The number of aryl methyl sites for hydroxylation is 1. The SMILES string of the molecule is COc1cc(NC(=O)CCCCCC(=O)NO)ccc1Nc1nccc(-c2cn(C)c3ccccc23)n1. The number of methoxy groups -OCH3 is 1. The van der Waals surface area contributed by atoms with E-state index in [9.17, 15) is 9.59 Å². The number of unbranched alkanes of at least 4 members (excludes halogenated alkanes) is 2. The lowest BCUT2D eigenvalue weighted by Crippen LogP contribution is -2.17. The van der Waals surface area contributed by atoms with Crippen LogP contribution in [0.15, 0.2) is 60.9 Å². The summed E-state index contributed by atoms with van der Waals surface area (Å²) in [7, 11) is 3.57. The van der Waals surface area contributed by atoms with Gasteiger partial charge in [-0.2, -0.15) is 0 Å². The molecule has 37 heavy (non-hydrogen) atoms. The molecule has 0 aliphatic rings. The first-order valence-electron chi connectivity index (χ1n) is 12.0.